The first-order valence-electron chi connectivity index (χ1n) is 19.9. The van der Waals surface area contributed by atoms with Crippen LogP contribution < -0.4 is 4.18 Å². The third kappa shape index (κ3) is 11.3. The molecule has 0 unspecified atom stereocenters. The van der Waals surface area contributed by atoms with E-state index in [9.17, 15) is 36.3 Å². The van der Waals surface area contributed by atoms with Gasteiger partial charge in [0.25, 0.3) is 0 Å². The number of alkyl halides is 3. The second kappa shape index (κ2) is 20.4. The zero-order chi connectivity index (χ0) is 44.3. The number of aromatic hydroxyl groups is 1. The number of methoxy groups -OCH3 is 2. The van der Waals surface area contributed by atoms with Crippen molar-refractivity contribution in [3.8, 4) is 11.5 Å². The quantitative estimate of drug-likeness (QED) is 0.0673. The van der Waals surface area contributed by atoms with Gasteiger partial charge in [-0.2, -0.15) is 21.6 Å². The Balaban J connectivity index is 0.000000324. The van der Waals surface area contributed by atoms with Crippen molar-refractivity contribution in [1.29, 1.82) is 0 Å². The molecule has 0 radical (unpaired) electrons. The molecule has 0 spiro atoms. The average molecular weight is 841 g/mol. The van der Waals surface area contributed by atoms with E-state index in [0.717, 1.165) is 40.7 Å². The summed E-state index contributed by atoms with van der Waals surface area (Å²) in [5.41, 5.74) is 4.02. The molecule has 0 aromatic heterocycles. The SMILES string of the molecule is CCC(CC)(c1ccc(CCC(=O)OC)c(C)c1)c1ccc(OS(=O)(=O)C(F)(F)F)c(C)c1.CCC(CC)(c1ccc(O)c(C)c1)c1ccc(CCC(=O)OC)c(C)c1. The van der Waals surface area contributed by atoms with Crippen molar-refractivity contribution in [3.05, 3.63) is 128 Å². The number of hydrogen-bond acceptors (Lipinski definition) is 8. The van der Waals surface area contributed by atoms with Gasteiger partial charge in [0.2, 0.25) is 0 Å². The smallest absolute Gasteiger partial charge is 0.508 e. The molecule has 0 aliphatic rings. The fourth-order valence-electron chi connectivity index (χ4n) is 7.85. The summed E-state index contributed by atoms with van der Waals surface area (Å²) in [5.74, 6) is -0.472. The van der Waals surface area contributed by atoms with Crippen LogP contribution in [0.1, 0.15) is 122 Å². The molecule has 0 saturated carbocycles. The van der Waals surface area contributed by atoms with Crippen molar-refractivity contribution >= 4 is 22.1 Å². The van der Waals surface area contributed by atoms with Crippen molar-refractivity contribution in [3.63, 3.8) is 0 Å². The summed E-state index contributed by atoms with van der Waals surface area (Å²) in [7, 11) is -2.96. The van der Waals surface area contributed by atoms with E-state index in [4.69, 9.17) is 9.47 Å². The Bertz CT molecular complexity index is 2190. The zero-order valence-corrected chi connectivity index (χ0v) is 36.7. The maximum Gasteiger partial charge on any atom is 0.534 e. The molecule has 59 heavy (non-hydrogen) atoms. The molecule has 0 fully saturated rings. The predicted molar refractivity (Wildman–Crippen MR) is 225 cm³/mol. The number of esters is 2. The monoisotopic (exact) mass is 840 g/mol. The largest absolute Gasteiger partial charge is 0.534 e. The summed E-state index contributed by atoms with van der Waals surface area (Å²) < 4.78 is 74.7. The summed E-state index contributed by atoms with van der Waals surface area (Å²) >= 11 is 0. The van der Waals surface area contributed by atoms with E-state index < -0.39 is 21.0 Å². The highest BCUT2D eigenvalue weighted by Gasteiger charge is 2.48. The molecule has 0 bridgehead atoms. The number of aryl methyl sites for hydroxylation is 6. The second-order valence-corrected chi connectivity index (χ2v) is 16.5. The Labute approximate surface area is 348 Å². The lowest BCUT2D eigenvalue weighted by atomic mass is 9.69. The molecule has 0 amide bonds. The summed E-state index contributed by atoms with van der Waals surface area (Å²) in [6.45, 7) is 16.0. The van der Waals surface area contributed by atoms with Gasteiger partial charge in [-0.05, 0) is 134 Å². The molecule has 0 aliphatic carbocycles. The predicted octanol–water partition coefficient (Wildman–Crippen LogP) is 11.0. The van der Waals surface area contributed by atoms with Gasteiger partial charge in [-0.1, -0.05) is 88.4 Å². The fraction of sp³-hybridized carbons (Fsp3) is 0.447. The number of carbonyl (C=O) groups is 2. The Kier molecular flexibility index (Phi) is 16.8. The van der Waals surface area contributed by atoms with Crippen LogP contribution in [0.5, 0.6) is 11.5 Å². The van der Waals surface area contributed by atoms with E-state index >= 15 is 0 Å². The third-order valence-corrected chi connectivity index (χ3v) is 12.8. The van der Waals surface area contributed by atoms with Gasteiger partial charge in [0.15, 0.2) is 0 Å². The van der Waals surface area contributed by atoms with Gasteiger partial charge in [0, 0.05) is 23.7 Å². The molecular weight excluding hydrogens is 782 g/mol. The number of phenolic OH excluding ortho intramolecular Hbond substituents is 1. The Morgan fingerprint density at radius 1 is 0.576 bits per heavy atom. The number of ether oxygens (including phenoxy) is 2. The van der Waals surface area contributed by atoms with Gasteiger partial charge in [-0.3, -0.25) is 9.59 Å². The Morgan fingerprint density at radius 3 is 1.25 bits per heavy atom. The fourth-order valence-corrected chi connectivity index (χ4v) is 8.37. The van der Waals surface area contributed by atoms with Crippen molar-refractivity contribution in [2.45, 2.75) is 123 Å². The molecule has 1 N–H and O–H groups in total. The third-order valence-electron chi connectivity index (χ3n) is 11.8. The molecule has 0 atom stereocenters. The Morgan fingerprint density at radius 2 is 0.932 bits per heavy atom. The second-order valence-electron chi connectivity index (χ2n) is 15.0. The average Bonchev–Trinajstić information content (AvgIpc) is 3.20. The lowest BCUT2D eigenvalue weighted by Gasteiger charge is -2.34. The molecule has 8 nitrogen and oxygen atoms in total. The lowest BCUT2D eigenvalue weighted by molar-refractivity contribution is -0.141. The lowest BCUT2D eigenvalue weighted by Crippen LogP contribution is -2.29. The minimum atomic E-state index is -5.74. The van der Waals surface area contributed by atoms with Crippen LogP contribution in [0.3, 0.4) is 0 Å². The van der Waals surface area contributed by atoms with Crippen molar-refractivity contribution in [2.75, 3.05) is 14.2 Å². The molecule has 0 aliphatic heterocycles. The van der Waals surface area contributed by atoms with Gasteiger partial charge in [-0.15, -0.1) is 0 Å². The molecule has 4 rings (SSSR count). The summed E-state index contributed by atoms with van der Waals surface area (Å²) in [6, 6.07) is 23.1. The summed E-state index contributed by atoms with van der Waals surface area (Å²) in [5, 5.41) is 9.89. The van der Waals surface area contributed by atoms with E-state index in [0.29, 0.717) is 37.9 Å². The molecule has 4 aromatic rings. The molecule has 12 heteroatoms. The number of rotatable bonds is 16. The van der Waals surface area contributed by atoms with Crippen LogP contribution in [0.15, 0.2) is 72.8 Å². The Hall–Kier alpha value is -4.84. The zero-order valence-electron chi connectivity index (χ0n) is 35.9. The van der Waals surface area contributed by atoms with Gasteiger partial charge in [-0.25, -0.2) is 0 Å². The van der Waals surface area contributed by atoms with Crippen LogP contribution in [0.2, 0.25) is 0 Å². The maximum atomic E-state index is 12.7. The number of hydrogen-bond donors (Lipinski definition) is 1. The standard InChI is InChI=1S/C24H29F3O5S.C23H30O3/c1-6-23(7-2,19-10-8-18(16(3)14-19)9-13-22(28)31-5)20-11-12-21(17(4)15-20)32-33(29,30)24(25,26)27;1-6-23(7-2,20-11-12-21(24)17(4)15-20)19-10-8-18(16(3)14-19)9-13-22(25)26-5/h8,10-12,14-15H,6-7,9,13H2,1-5H3;8,10-12,14-15,24H,6-7,9,13H2,1-5H3. The highest BCUT2D eigenvalue weighted by Crippen LogP contribution is 2.43. The van der Waals surface area contributed by atoms with Crippen molar-refractivity contribution < 1.29 is 49.9 Å². The maximum absolute atomic E-state index is 12.7. The minimum absolute atomic E-state index is 0.0793. The summed E-state index contributed by atoms with van der Waals surface area (Å²) in [6.07, 6.45) is 5.33. The van der Waals surface area contributed by atoms with E-state index in [2.05, 4.69) is 55.3 Å². The van der Waals surface area contributed by atoms with Crippen LogP contribution in [0.25, 0.3) is 0 Å². The molecule has 322 valence electrons. The number of benzene rings is 4. The van der Waals surface area contributed by atoms with Crippen LogP contribution in [0, 0.1) is 27.7 Å². The first-order valence-corrected chi connectivity index (χ1v) is 21.3. The number of phenols is 1. The number of carbonyl (C=O) groups excluding carboxylic acids is 2. The van der Waals surface area contributed by atoms with E-state index in [-0.39, 0.29) is 35.1 Å². The van der Waals surface area contributed by atoms with Gasteiger partial charge < -0.3 is 18.8 Å². The van der Waals surface area contributed by atoms with E-state index in [1.54, 1.807) is 18.2 Å². The molecule has 0 heterocycles. The van der Waals surface area contributed by atoms with Crippen LogP contribution in [-0.4, -0.2) is 45.2 Å². The topological polar surface area (TPSA) is 116 Å². The number of halogens is 3. The van der Waals surface area contributed by atoms with Crippen LogP contribution >= 0.6 is 0 Å². The highest BCUT2D eigenvalue weighted by molar-refractivity contribution is 7.88. The minimum Gasteiger partial charge on any atom is -0.508 e. The van der Waals surface area contributed by atoms with Crippen molar-refractivity contribution in [1.82, 2.24) is 0 Å². The first kappa shape index (κ1) is 48.5. The molecule has 0 saturated heterocycles. The van der Waals surface area contributed by atoms with Crippen LogP contribution in [-0.2, 0) is 52.9 Å². The van der Waals surface area contributed by atoms with E-state index in [1.807, 2.05) is 45.9 Å². The molecule has 4 aromatic carbocycles. The van der Waals surface area contributed by atoms with Crippen molar-refractivity contribution in [2.24, 2.45) is 0 Å². The highest BCUT2D eigenvalue weighted by atomic mass is 32.2. The van der Waals surface area contributed by atoms with E-state index in [1.165, 1.54) is 49.5 Å². The van der Waals surface area contributed by atoms with Gasteiger partial charge >= 0.3 is 27.6 Å². The van der Waals surface area contributed by atoms with Crippen LogP contribution in [0.4, 0.5) is 13.2 Å². The summed E-state index contributed by atoms with van der Waals surface area (Å²) in [4.78, 5) is 22.9. The van der Waals surface area contributed by atoms with Gasteiger partial charge in [0.1, 0.15) is 11.5 Å². The normalized spacial score (nSPS) is 12.0. The van der Waals surface area contributed by atoms with Gasteiger partial charge in [0.05, 0.1) is 14.2 Å². The molecular formula is C47H59F3O8S. The first-order chi connectivity index (χ1) is 27.7.